The summed E-state index contributed by atoms with van der Waals surface area (Å²) in [6.45, 7) is 4.13. The zero-order chi connectivity index (χ0) is 10.7. The fourth-order valence-corrected chi connectivity index (χ4v) is 1.37. The normalized spacial score (nSPS) is 10.0. The predicted octanol–water partition coefficient (Wildman–Crippen LogP) is 2.45. The summed E-state index contributed by atoms with van der Waals surface area (Å²) in [4.78, 5) is 15.4. The van der Waals surface area contributed by atoms with Gasteiger partial charge in [0.15, 0.2) is 0 Å². The van der Waals surface area contributed by atoms with E-state index in [0.29, 0.717) is 22.8 Å². The lowest BCUT2D eigenvalue weighted by Gasteiger charge is -2.06. The molecule has 0 unspecified atom stereocenters. The number of pyridine rings is 1. The van der Waals surface area contributed by atoms with Crippen molar-refractivity contribution in [1.82, 2.24) is 10.3 Å². The van der Waals surface area contributed by atoms with Crippen molar-refractivity contribution in [2.24, 2.45) is 0 Å². The smallest absolute Gasteiger partial charge is 0.253 e. The molecule has 76 valence electrons. The fraction of sp³-hybridized carbons (Fsp3) is 0.333. The van der Waals surface area contributed by atoms with Crippen molar-refractivity contribution in [3.05, 3.63) is 27.5 Å². The summed E-state index contributed by atoms with van der Waals surface area (Å²) < 4.78 is 0. The SMILES string of the molecule is CCNC(=O)c1cc(Cl)c(Cl)nc1C. The van der Waals surface area contributed by atoms with E-state index in [1.807, 2.05) is 6.92 Å². The molecule has 0 atom stereocenters. The van der Waals surface area contributed by atoms with Crippen molar-refractivity contribution in [2.75, 3.05) is 6.54 Å². The molecule has 0 fully saturated rings. The van der Waals surface area contributed by atoms with Gasteiger partial charge < -0.3 is 5.32 Å². The third-order valence-corrected chi connectivity index (χ3v) is 2.38. The van der Waals surface area contributed by atoms with Crippen LogP contribution < -0.4 is 5.32 Å². The lowest BCUT2D eigenvalue weighted by Crippen LogP contribution is -2.23. The number of rotatable bonds is 2. The molecule has 1 rings (SSSR count). The first kappa shape index (κ1) is 11.3. The number of hydrogen-bond acceptors (Lipinski definition) is 2. The van der Waals surface area contributed by atoms with Gasteiger partial charge in [0.05, 0.1) is 16.3 Å². The number of aryl methyl sites for hydroxylation is 1. The van der Waals surface area contributed by atoms with Crippen LogP contribution in [-0.4, -0.2) is 17.4 Å². The molecule has 5 heteroatoms. The van der Waals surface area contributed by atoms with Crippen molar-refractivity contribution in [3.8, 4) is 0 Å². The largest absolute Gasteiger partial charge is 0.352 e. The average molecular weight is 233 g/mol. The molecule has 14 heavy (non-hydrogen) atoms. The van der Waals surface area contributed by atoms with Gasteiger partial charge in [0, 0.05) is 6.54 Å². The second-order valence-electron chi connectivity index (χ2n) is 2.75. The van der Waals surface area contributed by atoms with Crippen LogP contribution in [-0.2, 0) is 0 Å². The van der Waals surface area contributed by atoms with E-state index >= 15 is 0 Å². The van der Waals surface area contributed by atoms with Gasteiger partial charge >= 0.3 is 0 Å². The van der Waals surface area contributed by atoms with E-state index in [1.165, 1.54) is 6.07 Å². The molecule has 1 aromatic heterocycles. The van der Waals surface area contributed by atoms with Crippen LogP contribution in [0.25, 0.3) is 0 Å². The van der Waals surface area contributed by atoms with Gasteiger partial charge in [0.25, 0.3) is 5.91 Å². The minimum atomic E-state index is -0.184. The van der Waals surface area contributed by atoms with Gasteiger partial charge in [-0.2, -0.15) is 0 Å². The molecule has 0 saturated carbocycles. The fourth-order valence-electron chi connectivity index (χ4n) is 1.04. The van der Waals surface area contributed by atoms with Gasteiger partial charge in [-0.05, 0) is 19.9 Å². The van der Waals surface area contributed by atoms with Crippen LogP contribution in [0.3, 0.4) is 0 Å². The van der Waals surface area contributed by atoms with Crippen molar-refractivity contribution in [3.63, 3.8) is 0 Å². The average Bonchev–Trinajstić information content (AvgIpc) is 2.11. The lowest BCUT2D eigenvalue weighted by molar-refractivity contribution is 0.0955. The summed E-state index contributed by atoms with van der Waals surface area (Å²) in [5.74, 6) is -0.184. The zero-order valence-corrected chi connectivity index (χ0v) is 9.41. The topological polar surface area (TPSA) is 42.0 Å². The number of aromatic nitrogens is 1. The molecule has 1 aromatic rings. The molecule has 1 amide bonds. The molecule has 0 aliphatic rings. The van der Waals surface area contributed by atoms with E-state index in [0.717, 1.165) is 0 Å². The summed E-state index contributed by atoms with van der Waals surface area (Å²) in [5.41, 5.74) is 1.03. The van der Waals surface area contributed by atoms with Crippen LogP contribution >= 0.6 is 23.2 Å². The Bertz CT molecular complexity index is 366. The Morgan fingerprint density at radius 2 is 2.21 bits per heavy atom. The first-order chi connectivity index (χ1) is 6.56. The number of nitrogens with one attached hydrogen (secondary N) is 1. The first-order valence-corrected chi connectivity index (χ1v) is 4.92. The third kappa shape index (κ3) is 2.36. The van der Waals surface area contributed by atoms with Gasteiger partial charge in [-0.15, -0.1) is 0 Å². The monoisotopic (exact) mass is 232 g/mol. The summed E-state index contributed by atoms with van der Waals surface area (Å²) in [7, 11) is 0. The highest BCUT2D eigenvalue weighted by molar-refractivity contribution is 6.41. The van der Waals surface area contributed by atoms with E-state index in [-0.39, 0.29) is 11.1 Å². The summed E-state index contributed by atoms with van der Waals surface area (Å²) in [5, 5.41) is 3.18. The van der Waals surface area contributed by atoms with E-state index in [9.17, 15) is 4.79 Å². The molecule has 0 bridgehead atoms. The molecular formula is C9H10Cl2N2O. The van der Waals surface area contributed by atoms with Gasteiger partial charge in [0.2, 0.25) is 0 Å². The molecule has 1 heterocycles. The summed E-state index contributed by atoms with van der Waals surface area (Å²) in [6, 6.07) is 1.53. The number of carbonyl (C=O) groups is 1. The molecule has 0 saturated heterocycles. The first-order valence-electron chi connectivity index (χ1n) is 4.17. The Hall–Kier alpha value is -0.800. The minimum Gasteiger partial charge on any atom is -0.352 e. The summed E-state index contributed by atoms with van der Waals surface area (Å²) >= 11 is 11.4. The van der Waals surface area contributed by atoms with Crippen LogP contribution in [0.1, 0.15) is 23.0 Å². The van der Waals surface area contributed by atoms with Gasteiger partial charge in [-0.1, -0.05) is 23.2 Å². The summed E-state index contributed by atoms with van der Waals surface area (Å²) in [6.07, 6.45) is 0. The third-order valence-electron chi connectivity index (χ3n) is 1.71. The van der Waals surface area contributed by atoms with Crippen LogP contribution in [0.4, 0.5) is 0 Å². The molecule has 0 aliphatic carbocycles. The van der Waals surface area contributed by atoms with Crippen molar-refractivity contribution in [1.29, 1.82) is 0 Å². The van der Waals surface area contributed by atoms with Crippen LogP contribution in [0, 0.1) is 6.92 Å². The number of nitrogens with zero attached hydrogens (tertiary/aromatic N) is 1. The quantitative estimate of drug-likeness (QED) is 0.797. The maximum absolute atomic E-state index is 11.5. The van der Waals surface area contributed by atoms with Gasteiger partial charge in [-0.3, -0.25) is 4.79 Å². The van der Waals surface area contributed by atoms with Crippen molar-refractivity contribution < 1.29 is 4.79 Å². The lowest BCUT2D eigenvalue weighted by atomic mass is 10.2. The second-order valence-corrected chi connectivity index (χ2v) is 3.52. The van der Waals surface area contributed by atoms with E-state index in [4.69, 9.17) is 23.2 Å². The molecule has 3 nitrogen and oxygen atoms in total. The number of hydrogen-bond donors (Lipinski definition) is 1. The predicted molar refractivity (Wildman–Crippen MR) is 57.0 cm³/mol. The Balaban J connectivity index is 3.09. The Labute approximate surface area is 92.4 Å². The second kappa shape index (κ2) is 4.62. The standard InChI is InChI=1S/C9H10Cl2N2O/c1-3-12-9(14)6-4-7(10)8(11)13-5(6)2/h4H,3H2,1-2H3,(H,12,14). The van der Waals surface area contributed by atoms with Crippen molar-refractivity contribution in [2.45, 2.75) is 13.8 Å². The van der Waals surface area contributed by atoms with Gasteiger partial charge in [-0.25, -0.2) is 4.98 Å². The maximum Gasteiger partial charge on any atom is 0.253 e. The molecule has 0 radical (unpaired) electrons. The minimum absolute atomic E-state index is 0.184. The Morgan fingerprint density at radius 1 is 1.57 bits per heavy atom. The van der Waals surface area contributed by atoms with Crippen molar-refractivity contribution >= 4 is 29.1 Å². The maximum atomic E-state index is 11.5. The molecule has 1 N–H and O–H groups in total. The van der Waals surface area contributed by atoms with Crippen LogP contribution in [0.5, 0.6) is 0 Å². The van der Waals surface area contributed by atoms with Crippen LogP contribution in [0.15, 0.2) is 6.07 Å². The van der Waals surface area contributed by atoms with E-state index in [1.54, 1.807) is 6.92 Å². The van der Waals surface area contributed by atoms with Gasteiger partial charge in [0.1, 0.15) is 5.15 Å². The number of carbonyl (C=O) groups excluding carboxylic acids is 1. The van der Waals surface area contributed by atoms with E-state index in [2.05, 4.69) is 10.3 Å². The Kier molecular flexibility index (Phi) is 3.72. The molecule has 0 aromatic carbocycles. The highest BCUT2D eigenvalue weighted by Crippen LogP contribution is 2.22. The molecule has 0 aliphatic heterocycles. The molecule has 0 spiro atoms. The van der Waals surface area contributed by atoms with E-state index < -0.39 is 0 Å². The number of halogens is 2. The molecular weight excluding hydrogens is 223 g/mol. The number of amides is 1. The highest BCUT2D eigenvalue weighted by Gasteiger charge is 2.11. The highest BCUT2D eigenvalue weighted by atomic mass is 35.5. The van der Waals surface area contributed by atoms with Crippen LogP contribution in [0.2, 0.25) is 10.2 Å². The Morgan fingerprint density at radius 3 is 2.79 bits per heavy atom. The zero-order valence-electron chi connectivity index (χ0n) is 7.90.